The van der Waals surface area contributed by atoms with Crippen LogP contribution in [0.2, 0.25) is 0 Å². The molecule has 134 valence electrons. The van der Waals surface area contributed by atoms with Crippen LogP contribution in [0, 0.1) is 0 Å². The third-order valence-corrected chi connectivity index (χ3v) is 5.46. The van der Waals surface area contributed by atoms with E-state index in [0.717, 1.165) is 30.3 Å². The van der Waals surface area contributed by atoms with Gasteiger partial charge in [-0.15, -0.1) is 0 Å². The van der Waals surface area contributed by atoms with E-state index < -0.39 is 5.41 Å². The van der Waals surface area contributed by atoms with Gasteiger partial charge in [0.2, 0.25) is 5.91 Å². The number of hydrogen-bond donors (Lipinski definition) is 2. The fourth-order valence-electron chi connectivity index (χ4n) is 3.94. The zero-order chi connectivity index (χ0) is 17.8. The Labute approximate surface area is 153 Å². The van der Waals surface area contributed by atoms with Crippen LogP contribution in [0.1, 0.15) is 24.0 Å². The molecule has 4 nitrogen and oxygen atoms in total. The topological polar surface area (TPSA) is 54.1 Å². The summed E-state index contributed by atoms with van der Waals surface area (Å²) in [5.74, 6) is 0.117. The maximum Gasteiger partial charge on any atom is 0.230 e. The van der Waals surface area contributed by atoms with E-state index in [1.807, 2.05) is 36.5 Å². The van der Waals surface area contributed by atoms with Gasteiger partial charge in [-0.2, -0.15) is 0 Å². The quantitative estimate of drug-likeness (QED) is 0.740. The van der Waals surface area contributed by atoms with Crippen molar-refractivity contribution in [1.82, 2.24) is 10.3 Å². The first-order valence-corrected chi connectivity index (χ1v) is 9.26. The Morgan fingerprint density at radius 1 is 1.04 bits per heavy atom. The molecule has 1 saturated heterocycles. The molecule has 1 aromatic heterocycles. The number of ether oxygens (including phenoxy) is 1. The number of para-hydroxylation sites is 1. The Hall–Kier alpha value is -2.59. The van der Waals surface area contributed by atoms with Gasteiger partial charge in [0, 0.05) is 36.9 Å². The van der Waals surface area contributed by atoms with Crippen LogP contribution >= 0.6 is 0 Å². The van der Waals surface area contributed by atoms with Crippen molar-refractivity contribution in [1.29, 1.82) is 0 Å². The van der Waals surface area contributed by atoms with Crippen LogP contribution in [0.5, 0.6) is 0 Å². The summed E-state index contributed by atoms with van der Waals surface area (Å²) >= 11 is 0. The Kier molecular flexibility index (Phi) is 4.76. The molecule has 1 amide bonds. The predicted octanol–water partition coefficient (Wildman–Crippen LogP) is 3.58. The number of carbonyl (C=O) groups excluding carboxylic acids is 1. The molecule has 0 radical (unpaired) electrons. The molecule has 1 aliphatic rings. The number of aromatic amines is 1. The van der Waals surface area contributed by atoms with E-state index in [-0.39, 0.29) is 5.91 Å². The summed E-state index contributed by atoms with van der Waals surface area (Å²) in [6, 6.07) is 18.4. The summed E-state index contributed by atoms with van der Waals surface area (Å²) in [6.07, 6.45) is 4.32. The lowest BCUT2D eigenvalue weighted by atomic mass is 9.73. The second-order valence-electron chi connectivity index (χ2n) is 6.93. The van der Waals surface area contributed by atoms with Crippen LogP contribution in [0.3, 0.4) is 0 Å². The SMILES string of the molecule is O=C(NCCc1c[nH]c2ccccc12)C1(c2ccccc2)CCOCC1. The molecule has 26 heavy (non-hydrogen) atoms. The van der Waals surface area contributed by atoms with Crippen molar-refractivity contribution in [3.8, 4) is 0 Å². The molecule has 0 aliphatic carbocycles. The Morgan fingerprint density at radius 3 is 2.58 bits per heavy atom. The van der Waals surface area contributed by atoms with Crippen LogP contribution in [0.25, 0.3) is 10.9 Å². The first kappa shape index (κ1) is 16.9. The number of fused-ring (bicyclic) bond motifs is 1. The van der Waals surface area contributed by atoms with Gasteiger partial charge in [0.15, 0.2) is 0 Å². The summed E-state index contributed by atoms with van der Waals surface area (Å²) in [7, 11) is 0. The molecule has 0 saturated carbocycles. The molecule has 2 N–H and O–H groups in total. The fraction of sp³-hybridized carbons (Fsp3) is 0.318. The number of rotatable bonds is 5. The van der Waals surface area contributed by atoms with E-state index >= 15 is 0 Å². The Morgan fingerprint density at radius 2 is 1.77 bits per heavy atom. The van der Waals surface area contributed by atoms with Gasteiger partial charge in [0.25, 0.3) is 0 Å². The number of aromatic nitrogens is 1. The second-order valence-corrected chi connectivity index (χ2v) is 6.93. The van der Waals surface area contributed by atoms with Crippen molar-refractivity contribution in [2.75, 3.05) is 19.8 Å². The average molecular weight is 348 g/mol. The van der Waals surface area contributed by atoms with Gasteiger partial charge >= 0.3 is 0 Å². The molecule has 0 unspecified atom stereocenters. The third-order valence-electron chi connectivity index (χ3n) is 5.46. The monoisotopic (exact) mass is 348 g/mol. The molecule has 0 spiro atoms. The molecule has 4 rings (SSSR count). The summed E-state index contributed by atoms with van der Waals surface area (Å²) in [6.45, 7) is 1.89. The Bertz CT molecular complexity index is 879. The van der Waals surface area contributed by atoms with E-state index in [1.54, 1.807) is 0 Å². The predicted molar refractivity (Wildman–Crippen MR) is 103 cm³/mol. The van der Waals surface area contributed by atoms with Crippen molar-refractivity contribution in [2.24, 2.45) is 0 Å². The van der Waals surface area contributed by atoms with Crippen LogP contribution in [0.15, 0.2) is 60.8 Å². The number of H-pyrrole nitrogens is 1. The lowest BCUT2D eigenvalue weighted by Gasteiger charge is -2.36. The summed E-state index contributed by atoms with van der Waals surface area (Å²) in [5.41, 5.74) is 2.99. The van der Waals surface area contributed by atoms with Gasteiger partial charge in [-0.25, -0.2) is 0 Å². The van der Waals surface area contributed by atoms with Gasteiger partial charge in [-0.1, -0.05) is 48.5 Å². The van der Waals surface area contributed by atoms with Gasteiger partial charge in [0.1, 0.15) is 0 Å². The minimum absolute atomic E-state index is 0.117. The standard InChI is InChI=1S/C22H24N2O2/c25-21(22(11-14-26-15-12-22)18-6-2-1-3-7-18)23-13-10-17-16-24-20-9-5-4-8-19(17)20/h1-9,16,24H,10-15H2,(H,23,25). The molecule has 1 aliphatic heterocycles. The highest BCUT2D eigenvalue weighted by molar-refractivity contribution is 5.88. The van der Waals surface area contributed by atoms with E-state index in [1.165, 1.54) is 10.9 Å². The van der Waals surface area contributed by atoms with Crippen LogP contribution in [-0.4, -0.2) is 30.6 Å². The smallest absolute Gasteiger partial charge is 0.230 e. The van der Waals surface area contributed by atoms with E-state index in [9.17, 15) is 4.79 Å². The van der Waals surface area contributed by atoms with Gasteiger partial charge in [0.05, 0.1) is 5.41 Å². The van der Waals surface area contributed by atoms with Crippen LogP contribution in [0.4, 0.5) is 0 Å². The van der Waals surface area contributed by atoms with Crippen molar-refractivity contribution in [3.05, 3.63) is 71.9 Å². The lowest BCUT2D eigenvalue weighted by molar-refractivity contribution is -0.130. The number of carbonyl (C=O) groups is 1. The van der Waals surface area contributed by atoms with Crippen LogP contribution in [-0.2, 0) is 21.4 Å². The largest absolute Gasteiger partial charge is 0.381 e. The number of hydrogen-bond acceptors (Lipinski definition) is 2. The van der Waals surface area contributed by atoms with E-state index in [2.05, 4.69) is 34.6 Å². The molecule has 2 aromatic carbocycles. The number of amides is 1. The first-order valence-electron chi connectivity index (χ1n) is 9.26. The second kappa shape index (κ2) is 7.34. The first-order chi connectivity index (χ1) is 12.8. The Balaban J connectivity index is 1.47. The molecular formula is C22H24N2O2. The summed E-state index contributed by atoms with van der Waals surface area (Å²) < 4.78 is 5.52. The molecule has 3 aromatic rings. The molecule has 0 atom stereocenters. The van der Waals surface area contributed by atoms with E-state index in [4.69, 9.17) is 4.74 Å². The highest BCUT2D eigenvalue weighted by Gasteiger charge is 2.41. The molecule has 2 heterocycles. The summed E-state index contributed by atoms with van der Waals surface area (Å²) in [5, 5.41) is 4.41. The van der Waals surface area contributed by atoms with E-state index in [0.29, 0.717) is 19.8 Å². The number of benzene rings is 2. The highest BCUT2D eigenvalue weighted by Crippen LogP contribution is 2.35. The van der Waals surface area contributed by atoms with Crippen molar-refractivity contribution >= 4 is 16.8 Å². The zero-order valence-electron chi connectivity index (χ0n) is 14.8. The van der Waals surface area contributed by atoms with Gasteiger partial charge in [-0.05, 0) is 36.5 Å². The lowest BCUT2D eigenvalue weighted by Crippen LogP contribution is -2.48. The van der Waals surface area contributed by atoms with Crippen molar-refractivity contribution in [2.45, 2.75) is 24.7 Å². The van der Waals surface area contributed by atoms with Crippen molar-refractivity contribution in [3.63, 3.8) is 0 Å². The highest BCUT2D eigenvalue weighted by atomic mass is 16.5. The average Bonchev–Trinajstić information content (AvgIpc) is 3.12. The molecule has 0 bridgehead atoms. The maximum atomic E-state index is 13.1. The van der Waals surface area contributed by atoms with Crippen LogP contribution < -0.4 is 5.32 Å². The van der Waals surface area contributed by atoms with Crippen molar-refractivity contribution < 1.29 is 9.53 Å². The number of nitrogens with one attached hydrogen (secondary N) is 2. The molecular weight excluding hydrogens is 324 g/mol. The minimum atomic E-state index is -0.472. The van der Waals surface area contributed by atoms with Gasteiger partial charge < -0.3 is 15.0 Å². The normalized spacial score (nSPS) is 16.5. The maximum absolute atomic E-state index is 13.1. The molecule has 1 fully saturated rings. The fourth-order valence-corrected chi connectivity index (χ4v) is 3.94. The summed E-state index contributed by atoms with van der Waals surface area (Å²) in [4.78, 5) is 16.4. The zero-order valence-corrected chi connectivity index (χ0v) is 14.8. The van der Waals surface area contributed by atoms with Gasteiger partial charge in [-0.3, -0.25) is 4.79 Å². The third kappa shape index (κ3) is 3.13. The molecule has 4 heteroatoms. The minimum Gasteiger partial charge on any atom is -0.381 e.